The molecule has 0 aliphatic carbocycles. The largest absolute Gasteiger partial charge is 0.409 e. The predicted molar refractivity (Wildman–Crippen MR) is 86.9 cm³/mol. The van der Waals surface area contributed by atoms with Gasteiger partial charge >= 0.3 is 0 Å². The maximum absolute atomic E-state index is 8.53. The molecule has 2 rings (SSSR count). The van der Waals surface area contributed by atoms with Crippen LogP contribution in [0.25, 0.3) is 18.3 Å². The van der Waals surface area contributed by atoms with E-state index in [4.69, 9.17) is 10.9 Å². The van der Waals surface area contributed by atoms with Crippen molar-refractivity contribution in [3.63, 3.8) is 0 Å². The molecule has 0 aliphatic rings. The third-order valence-corrected chi connectivity index (χ3v) is 2.99. The Morgan fingerprint density at radius 3 is 2.40 bits per heavy atom. The summed E-state index contributed by atoms with van der Waals surface area (Å²) in [5.74, 6) is -0.00452. The highest BCUT2D eigenvalue weighted by Gasteiger charge is 2.07. The summed E-state index contributed by atoms with van der Waals surface area (Å²) >= 11 is 1.39. The molecule has 0 unspecified atom stereocenters. The van der Waals surface area contributed by atoms with Crippen molar-refractivity contribution in [2.45, 2.75) is 27.7 Å². The van der Waals surface area contributed by atoms with E-state index in [0.717, 1.165) is 10.6 Å². The molecule has 2 heterocycles. The van der Waals surface area contributed by atoms with Crippen LogP contribution in [-0.4, -0.2) is 20.6 Å². The van der Waals surface area contributed by atoms with Crippen molar-refractivity contribution >= 4 is 30.3 Å². The summed E-state index contributed by atoms with van der Waals surface area (Å²) < 4.78 is 1.81. The number of hydrogen-bond donors (Lipinski definition) is 2. The number of rotatable bonds is 2. The van der Waals surface area contributed by atoms with Crippen LogP contribution in [-0.2, 0) is 0 Å². The Bertz CT molecular complexity index is 642. The lowest BCUT2D eigenvalue weighted by Crippen LogP contribution is -2.25. The molecule has 3 N–H and O–H groups in total. The molecule has 110 valence electrons. The standard InChI is InChI=1S/C10H10N4OS.2C2H6/c1-6-3-4-14(7(6)2)10-12-8(5-16-10)9(11)13-15;2*1-2/h3-5,15H,1-2H2,(H2,11,13);2*1-2H3. The highest BCUT2D eigenvalue weighted by molar-refractivity contribution is 7.12. The summed E-state index contributed by atoms with van der Waals surface area (Å²) in [5.41, 5.74) is 5.88. The second kappa shape index (κ2) is 8.92. The van der Waals surface area contributed by atoms with Crippen LogP contribution in [0.5, 0.6) is 0 Å². The third-order valence-electron chi connectivity index (χ3n) is 2.15. The minimum Gasteiger partial charge on any atom is -0.409 e. The molecular weight excluding hydrogens is 272 g/mol. The van der Waals surface area contributed by atoms with Crippen LogP contribution in [0.1, 0.15) is 33.4 Å². The SMILES string of the molecule is C=c1ccn(-c2nc(/C(N)=N/O)cs2)c1=C.CC.CC. The Morgan fingerprint density at radius 2 is 1.95 bits per heavy atom. The van der Waals surface area contributed by atoms with Gasteiger partial charge in [-0.15, -0.1) is 11.3 Å². The maximum Gasteiger partial charge on any atom is 0.194 e. The number of nitrogens with zero attached hydrogens (tertiary/aromatic N) is 3. The van der Waals surface area contributed by atoms with E-state index in [-0.39, 0.29) is 5.84 Å². The number of thiazole rings is 1. The Hall–Kier alpha value is -2.08. The summed E-state index contributed by atoms with van der Waals surface area (Å²) in [7, 11) is 0. The molecule has 2 aromatic heterocycles. The number of oxime groups is 1. The zero-order chi connectivity index (χ0) is 15.7. The maximum atomic E-state index is 8.53. The molecule has 0 fully saturated rings. The van der Waals surface area contributed by atoms with Crippen LogP contribution in [0.15, 0.2) is 22.8 Å². The Balaban J connectivity index is 0.000000829. The van der Waals surface area contributed by atoms with Crippen molar-refractivity contribution in [1.29, 1.82) is 0 Å². The van der Waals surface area contributed by atoms with Gasteiger partial charge in [0.25, 0.3) is 0 Å². The monoisotopic (exact) mass is 294 g/mol. The first-order chi connectivity index (χ1) is 9.63. The van der Waals surface area contributed by atoms with E-state index in [1.807, 2.05) is 40.0 Å². The number of aromatic nitrogens is 2. The lowest BCUT2D eigenvalue weighted by Gasteiger charge is -1.96. The zero-order valence-electron chi connectivity index (χ0n) is 12.4. The quantitative estimate of drug-likeness (QED) is 0.384. The van der Waals surface area contributed by atoms with Crippen molar-refractivity contribution in [1.82, 2.24) is 9.55 Å². The van der Waals surface area contributed by atoms with Gasteiger partial charge in [-0.2, -0.15) is 0 Å². The van der Waals surface area contributed by atoms with Gasteiger partial charge in [-0.3, -0.25) is 4.57 Å². The van der Waals surface area contributed by atoms with Crippen LogP contribution in [0, 0.1) is 0 Å². The topological polar surface area (TPSA) is 76.4 Å². The molecule has 6 heteroatoms. The second-order valence-electron chi connectivity index (χ2n) is 3.16. The summed E-state index contributed by atoms with van der Waals surface area (Å²) in [5, 5.41) is 15.5. The Labute approximate surface area is 123 Å². The van der Waals surface area contributed by atoms with Gasteiger partial charge in [-0.25, -0.2) is 4.98 Å². The van der Waals surface area contributed by atoms with Gasteiger partial charge < -0.3 is 10.9 Å². The lowest BCUT2D eigenvalue weighted by molar-refractivity contribution is 0.318. The molecule has 2 aromatic rings. The van der Waals surface area contributed by atoms with E-state index >= 15 is 0 Å². The second-order valence-corrected chi connectivity index (χ2v) is 3.99. The summed E-state index contributed by atoms with van der Waals surface area (Å²) in [4.78, 5) is 4.22. The average molecular weight is 294 g/mol. The molecule has 0 spiro atoms. The number of amidine groups is 1. The van der Waals surface area contributed by atoms with E-state index in [0.29, 0.717) is 10.8 Å². The minimum absolute atomic E-state index is 0.00452. The van der Waals surface area contributed by atoms with Crippen LogP contribution >= 0.6 is 11.3 Å². The average Bonchev–Trinajstić information content (AvgIpc) is 3.11. The number of hydrogen-bond acceptors (Lipinski definition) is 4. The van der Waals surface area contributed by atoms with Gasteiger partial charge in [0, 0.05) is 16.9 Å². The number of nitrogens with two attached hydrogens (primary N) is 1. The van der Waals surface area contributed by atoms with Gasteiger partial charge in [-0.1, -0.05) is 46.0 Å². The Morgan fingerprint density at radius 1 is 1.35 bits per heavy atom. The van der Waals surface area contributed by atoms with Crippen molar-refractivity contribution < 1.29 is 5.21 Å². The lowest BCUT2D eigenvalue weighted by atomic mass is 10.5. The van der Waals surface area contributed by atoms with Crippen LogP contribution < -0.4 is 16.3 Å². The predicted octanol–water partition coefficient (Wildman–Crippen LogP) is 1.90. The Kier molecular flexibility index (Phi) is 8.00. The molecule has 5 nitrogen and oxygen atoms in total. The molecule has 20 heavy (non-hydrogen) atoms. The molecule has 0 amide bonds. The first-order valence-electron chi connectivity index (χ1n) is 6.42. The molecule has 0 saturated heterocycles. The summed E-state index contributed by atoms with van der Waals surface area (Å²) in [6.45, 7) is 15.7. The van der Waals surface area contributed by atoms with Crippen LogP contribution in [0.3, 0.4) is 0 Å². The molecule has 0 saturated carbocycles. The van der Waals surface area contributed by atoms with E-state index in [9.17, 15) is 0 Å². The van der Waals surface area contributed by atoms with Crippen molar-refractivity contribution in [2.75, 3.05) is 0 Å². The van der Waals surface area contributed by atoms with E-state index in [2.05, 4.69) is 23.3 Å². The van der Waals surface area contributed by atoms with E-state index in [1.165, 1.54) is 11.3 Å². The zero-order valence-corrected chi connectivity index (χ0v) is 13.2. The van der Waals surface area contributed by atoms with Gasteiger partial charge in [0.2, 0.25) is 0 Å². The molecule has 0 aromatic carbocycles. The highest BCUT2D eigenvalue weighted by atomic mass is 32.1. The molecule has 0 aliphatic heterocycles. The third kappa shape index (κ3) is 3.96. The smallest absolute Gasteiger partial charge is 0.194 e. The van der Waals surface area contributed by atoms with E-state index in [1.54, 1.807) is 9.95 Å². The highest BCUT2D eigenvalue weighted by Crippen LogP contribution is 2.12. The van der Waals surface area contributed by atoms with E-state index < -0.39 is 0 Å². The molecule has 0 radical (unpaired) electrons. The fourth-order valence-corrected chi connectivity index (χ4v) is 2.05. The fourth-order valence-electron chi connectivity index (χ4n) is 1.23. The normalized spacial score (nSPS) is 10.1. The van der Waals surface area contributed by atoms with Gasteiger partial charge in [0.05, 0.1) is 0 Å². The van der Waals surface area contributed by atoms with Crippen LogP contribution in [0.4, 0.5) is 0 Å². The minimum atomic E-state index is -0.00452. The summed E-state index contributed by atoms with van der Waals surface area (Å²) in [6.07, 6.45) is 1.83. The van der Waals surface area contributed by atoms with Gasteiger partial charge in [-0.05, 0) is 11.3 Å². The van der Waals surface area contributed by atoms with Crippen molar-refractivity contribution in [2.24, 2.45) is 10.9 Å². The van der Waals surface area contributed by atoms with Gasteiger partial charge in [0.15, 0.2) is 11.0 Å². The first-order valence-corrected chi connectivity index (χ1v) is 7.30. The summed E-state index contributed by atoms with van der Waals surface area (Å²) in [6, 6.07) is 1.85. The first kappa shape index (κ1) is 17.9. The van der Waals surface area contributed by atoms with Gasteiger partial charge in [0.1, 0.15) is 5.69 Å². The molecule has 0 atom stereocenters. The van der Waals surface area contributed by atoms with Crippen molar-refractivity contribution in [3.05, 3.63) is 33.9 Å². The van der Waals surface area contributed by atoms with Crippen molar-refractivity contribution in [3.8, 4) is 5.13 Å². The fraction of sp³-hybridized carbons (Fsp3) is 0.286. The van der Waals surface area contributed by atoms with Crippen LogP contribution in [0.2, 0.25) is 0 Å². The molecule has 0 bridgehead atoms. The molecular formula is C14H22N4OS.